The predicted octanol–water partition coefficient (Wildman–Crippen LogP) is 1.44. The molecule has 0 unspecified atom stereocenters. The zero-order valence-electron chi connectivity index (χ0n) is 11.6. The first-order valence-corrected chi connectivity index (χ1v) is 7.49. The number of esters is 1. The third-order valence-electron chi connectivity index (χ3n) is 3.49. The van der Waals surface area contributed by atoms with Gasteiger partial charge in [0.2, 0.25) is 0 Å². The highest BCUT2D eigenvalue weighted by molar-refractivity contribution is 9.10. The molecule has 1 aliphatic rings. The fraction of sp³-hybridized carbons (Fsp3) is 0.500. The van der Waals surface area contributed by atoms with E-state index in [0.29, 0.717) is 22.3 Å². The van der Waals surface area contributed by atoms with Crippen molar-refractivity contribution in [1.29, 1.82) is 0 Å². The number of likely N-dealkylation sites (N-methyl/N-ethyl adjacent to an activating group) is 1. The van der Waals surface area contributed by atoms with Crippen LogP contribution in [0.3, 0.4) is 0 Å². The van der Waals surface area contributed by atoms with Crippen LogP contribution in [0.4, 0.5) is 5.69 Å². The van der Waals surface area contributed by atoms with Gasteiger partial charge < -0.3 is 15.4 Å². The number of ether oxygens (including phenoxy) is 1. The number of nitrogens with zero attached hydrogens (tertiary/aromatic N) is 2. The zero-order valence-corrected chi connectivity index (χ0v) is 13.2. The molecule has 1 aromatic rings. The largest absolute Gasteiger partial charge is 0.461 e. The number of hydrogen-bond acceptors (Lipinski definition) is 5. The Morgan fingerprint density at radius 3 is 2.75 bits per heavy atom. The summed E-state index contributed by atoms with van der Waals surface area (Å²) in [5.41, 5.74) is 6.77. The molecule has 1 saturated heterocycles. The van der Waals surface area contributed by atoms with Crippen molar-refractivity contribution in [3.05, 3.63) is 28.2 Å². The van der Waals surface area contributed by atoms with Gasteiger partial charge in [-0.15, -0.1) is 0 Å². The molecule has 1 aliphatic heterocycles. The number of carbonyl (C=O) groups is 1. The first-order valence-electron chi connectivity index (χ1n) is 6.70. The second-order valence-electron chi connectivity index (χ2n) is 4.99. The molecule has 0 aliphatic carbocycles. The Morgan fingerprint density at radius 2 is 2.05 bits per heavy atom. The van der Waals surface area contributed by atoms with Crippen LogP contribution in [-0.2, 0) is 4.74 Å². The molecule has 0 atom stereocenters. The van der Waals surface area contributed by atoms with Crippen LogP contribution in [0.15, 0.2) is 22.7 Å². The summed E-state index contributed by atoms with van der Waals surface area (Å²) in [7, 11) is 2.12. The smallest absolute Gasteiger partial charge is 0.339 e. The highest BCUT2D eigenvalue weighted by atomic mass is 79.9. The SMILES string of the molecule is CN1CCN(CCOC(=O)c2cccc(N)c2Br)CC1. The third kappa shape index (κ3) is 3.94. The molecule has 5 nitrogen and oxygen atoms in total. The number of piperazine rings is 1. The van der Waals surface area contributed by atoms with Crippen LogP contribution >= 0.6 is 15.9 Å². The van der Waals surface area contributed by atoms with Gasteiger partial charge in [-0.05, 0) is 35.1 Å². The quantitative estimate of drug-likeness (QED) is 0.663. The average molecular weight is 342 g/mol. The van der Waals surface area contributed by atoms with Gasteiger partial charge in [-0.3, -0.25) is 4.90 Å². The molecule has 1 aromatic carbocycles. The van der Waals surface area contributed by atoms with Crippen LogP contribution in [0.5, 0.6) is 0 Å². The van der Waals surface area contributed by atoms with Gasteiger partial charge in [-0.1, -0.05) is 6.07 Å². The molecule has 1 fully saturated rings. The molecule has 2 N–H and O–H groups in total. The highest BCUT2D eigenvalue weighted by Crippen LogP contribution is 2.24. The first kappa shape index (κ1) is 15.3. The maximum Gasteiger partial charge on any atom is 0.339 e. The Kier molecular flexibility index (Phi) is 5.39. The van der Waals surface area contributed by atoms with Crippen molar-refractivity contribution in [1.82, 2.24) is 9.80 Å². The Bertz CT molecular complexity index is 473. The Morgan fingerprint density at radius 1 is 1.35 bits per heavy atom. The summed E-state index contributed by atoms with van der Waals surface area (Å²) in [6.45, 7) is 5.36. The maximum atomic E-state index is 12.0. The molecule has 20 heavy (non-hydrogen) atoms. The number of nitrogens with two attached hydrogens (primary N) is 1. The lowest BCUT2D eigenvalue weighted by atomic mass is 10.2. The van der Waals surface area contributed by atoms with Crippen LogP contribution in [-0.4, -0.2) is 62.1 Å². The van der Waals surface area contributed by atoms with Crippen molar-refractivity contribution >= 4 is 27.6 Å². The lowest BCUT2D eigenvalue weighted by Gasteiger charge is -2.32. The first-order chi connectivity index (χ1) is 9.58. The normalized spacial score (nSPS) is 17.1. The lowest BCUT2D eigenvalue weighted by Crippen LogP contribution is -2.45. The van der Waals surface area contributed by atoms with Crippen LogP contribution in [0.1, 0.15) is 10.4 Å². The number of rotatable bonds is 4. The molecule has 2 rings (SSSR count). The standard InChI is InChI=1S/C14H20BrN3O2/c1-17-5-7-18(8-6-17)9-10-20-14(19)11-3-2-4-12(16)13(11)15/h2-4H,5-10,16H2,1H3. The molecule has 6 heteroatoms. The van der Waals surface area contributed by atoms with Crippen molar-refractivity contribution < 1.29 is 9.53 Å². The van der Waals surface area contributed by atoms with Crippen LogP contribution in [0.2, 0.25) is 0 Å². The molecular weight excluding hydrogens is 322 g/mol. The Balaban J connectivity index is 1.79. The van der Waals surface area contributed by atoms with Gasteiger partial charge in [0.1, 0.15) is 6.61 Å². The van der Waals surface area contributed by atoms with Gasteiger partial charge in [0, 0.05) is 38.4 Å². The summed E-state index contributed by atoms with van der Waals surface area (Å²) in [6, 6.07) is 5.20. The Labute approximate surface area is 127 Å². The van der Waals surface area contributed by atoms with E-state index in [1.807, 2.05) is 0 Å². The van der Waals surface area contributed by atoms with E-state index < -0.39 is 0 Å². The van der Waals surface area contributed by atoms with E-state index in [4.69, 9.17) is 10.5 Å². The van der Waals surface area contributed by atoms with Gasteiger partial charge in [-0.25, -0.2) is 4.79 Å². The van der Waals surface area contributed by atoms with Crippen molar-refractivity contribution in [3.63, 3.8) is 0 Å². The van der Waals surface area contributed by atoms with Gasteiger partial charge >= 0.3 is 5.97 Å². The predicted molar refractivity (Wildman–Crippen MR) is 82.8 cm³/mol. The van der Waals surface area contributed by atoms with Gasteiger partial charge in [0.25, 0.3) is 0 Å². The summed E-state index contributed by atoms with van der Waals surface area (Å²) in [5.74, 6) is -0.335. The third-order valence-corrected chi connectivity index (χ3v) is 4.37. The number of halogens is 1. The molecule has 0 bridgehead atoms. The topological polar surface area (TPSA) is 58.8 Å². The number of benzene rings is 1. The molecule has 110 valence electrons. The number of anilines is 1. The second kappa shape index (κ2) is 7.06. The van der Waals surface area contributed by atoms with Crippen LogP contribution in [0.25, 0.3) is 0 Å². The highest BCUT2D eigenvalue weighted by Gasteiger charge is 2.16. The van der Waals surface area contributed by atoms with Crippen LogP contribution in [0, 0.1) is 0 Å². The van der Waals surface area contributed by atoms with Crippen molar-refractivity contribution in [3.8, 4) is 0 Å². The summed E-state index contributed by atoms with van der Waals surface area (Å²) < 4.78 is 5.92. The maximum absolute atomic E-state index is 12.0. The molecule has 0 radical (unpaired) electrons. The second-order valence-corrected chi connectivity index (χ2v) is 5.78. The Hall–Kier alpha value is -1.11. The van der Waals surface area contributed by atoms with Crippen molar-refractivity contribution in [2.75, 3.05) is 52.1 Å². The van der Waals surface area contributed by atoms with Gasteiger partial charge in [-0.2, -0.15) is 0 Å². The summed E-state index contributed by atoms with van der Waals surface area (Å²) in [5, 5.41) is 0. The molecule has 0 spiro atoms. The lowest BCUT2D eigenvalue weighted by molar-refractivity contribution is 0.0431. The molecule has 0 aromatic heterocycles. The summed E-state index contributed by atoms with van der Waals surface area (Å²) in [4.78, 5) is 16.6. The van der Waals surface area contributed by atoms with E-state index >= 15 is 0 Å². The number of carbonyl (C=O) groups excluding carboxylic acids is 1. The van der Waals surface area contributed by atoms with Gasteiger partial charge in [0.05, 0.1) is 10.0 Å². The van der Waals surface area contributed by atoms with E-state index in [9.17, 15) is 4.79 Å². The van der Waals surface area contributed by atoms with E-state index in [1.165, 1.54) is 0 Å². The summed E-state index contributed by atoms with van der Waals surface area (Å²) >= 11 is 3.31. The molecular formula is C14H20BrN3O2. The van der Waals surface area contributed by atoms with Crippen molar-refractivity contribution in [2.45, 2.75) is 0 Å². The fourth-order valence-electron chi connectivity index (χ4n) is 2.12. The zero-order chi connectivity index (χ0) is 14.5. The molecule has 0 amide bonds. The molecule has 0 saturated carbocycles. The minimum Gasteiger partial charge on any atom is -0.461 e. The van der Waals surface area contributed by atoms with Crippen LogP contribution < -0.4 is 5.73 Å². The fourth-order valence-corrected chi connectivity index (χ4v) is 2.55. The van der Waals surface area contributed by atoms with Crippen molar-refractivity contribution in [2.24, 2.45) is 0 Å². The van der Waals surface area contributed by atoms with Gasteiger partial charge in [0.15, 0.2) is 0 Å². The number of hydrogen-bond donors (Lipinski definition) is 1. The van der Waals surface area contributed by atoms with E-state index in [1.54, 1.807) is 18.2 Å². The molecule has 1 heterocycles. The van der Waals surface area contributed by atoms with E-state index in [0.717, 1.165) is 32.7 Å². The minimum atomic E-state index is -0.335. The van der Waals surface area contributed by atoms with E-state index in [-0.39, 0.29) is 5.97 Å². The van der Waals surface area contributed by atoms with E-state index in [2.05, 4.69) is 32.8 Å². The minimum absolute atomic E-state index is 0.335. The number of nitrogen functional groups attached to an aromatic ring is 1. The monoisotopic (exact) mass is 341 g/mol. The average Bonchev–Trinajstić information content (AvgIpc) is 2.44. The summed E-state index contributed by atoms with van der Waals surface area (Å²) in [6.07, 6.45) is 0.